The molecule has 0 spiro atoms. The fourth-order valence-corrected chi connectivity index (χ4v) is 2.73. The third-order valence-electron chi connectivity index (χ3n) is 2.57. The van der Waals surface area contributed by atoms with Crippen LogP contribution in [0.1, 0.15) is 31.2 Å². The van der Waals surface area contributed by atoms with Crippen LogP contribution in [0.3, 0.4) is 0 Å². The number of carboxylic acids is 1. The molecule has 0 aliphatic rings. The summed E-state index contributed by atoms with van der Waals surface area (Å²) in [6, 6.07) is 5.90. The number of carbonyl (C=O) groups is 1. The highest BCUT2D eigenvalue weighted by Gasteiger charge is 2.16. The first kappa shape index (κ1) is 13.5. The largest absolute Gasteiger partial charge is 0.481 e. The molecule has 4 heteroatoms. The second-order valence-corrected chi connectivity index (χ2v) is 4.99. The average molecular weight is 256 g/mol. The minimum Gasteiger partial charge on any atom is -0.481 e. The monoisotopic (exact) mass is 256 g/mol. The van der Waals surface area contributed by atoms with Crippen molar-refractivity contribution >= 4 is 30.4 Å². The van der Waals surface area contributed by atoms with Crippen LogP contribution in [-0.2, 0) is 4.79 Å². The maximum atomic E-state index is 10.8. The first-order chi connectivity index (χ1) is 7.58. The van der Waals surface area contributed by atoms with E-state index in [9.17, 15) is 4.79 Å². The minimum absolute atomic E-state index is 0.0916. The lowest BCUT2D eigenvalue weighted by Crippen LogP contribution is -2.06. The van der Waals surface area contributed by atoms with Crippen molar-refractivity contribution in [1.29, 1.82) is 0 Å². The van der Waals surface area contributed by atoms with Crippen LogP contribution in [0.4, 0.5) is 0 Å². The van der Waals surface area contributed by atoms with Crippen LogP contribution in [-0.4, -0.2) is 17.3 Å². The summed E-state index contributed by atoms with van der Waals surface area (Å²) in [5, 5.41) is 8.87. The smallest absolute Gasteiger partial charge is 0.303 e. The summed E-state index contributed by atoms with van der Waals surface area (Å²) in [5.74, 6) is -0.650. The number of benzene rings is 1. The van der Waals surface area contributed by atoms with Crippen molar-refractivity contribution in [3.05, 3.63) is 23.8 Å². The molecule has 0 bridgehead atoms. The van der Waals surface area contributed by atoms with Gasteiger partial charge < -0.3 is 5.11 Å². The van der Waals surface area contributed by atoms with Gasteiger partial charge >= 0.3 is 5.97 Å². The highest BCUT2D eigenvalue weighted by atomic mass is 32.2. The van der Waals surface area contributed by atoms with E-state index in [-0.39, 0.29) is 12.3 Å². The normalized spacial score (nSPS) is 12.4. The Kier molecular flexibility index (Phi) is 5.22. The summed E-state index contributed by atoms with van der Waals surface area (Å²) in [4.78, 5) is 12.8. The van der Waals surface area contributed by atoms with E-state index in [1.165, 1.54) is 0 Å². The Labute approximate surface area is 106 Å². The highest BCUT2D eigenvalue weighted by Crippen LogP contribution is 2.33. The second kappa shape index (κ2) is 6.21. The number of thioether (sulfide) groups is 1. The van der Waals surface area contributed by atoms with Crippen molar-refractivity contribution in [2.24, 2.45) is 0 Å². The number of hydrogen-bond donors (Lipinski definition) is 2. The molecule has 1 aromatic rings. The molecule has 0 saturated heterocycles. The van der Waals surface area contributed by atoms with E-state index in [1.807, 2.05) is 31.4 Å². The summed E-state index contributed by atoms with van der Waals surface area (Å²) in [5.41, 5.74) is 1.12. The maximum Gasteiger partial charge on any atom is 0.303 e. The Morgan fingerprint density at radius 1 is 1.56 bits per heavy atom. The molecule has 0 aliphatic carbocycles. The van der Waals surface area contributed by atoms with Crippen molar-refractivity contribution in [1.82, 2.24) is 0 Å². The molecule has 0 radical (unpaired) electrons. The van der Waals surface area contributed by atoms with Crippen molar-refractivity contribution in [3.8, 4) is 0 Å². The first-order valence-electron chi connectivity index (χ1n) is 5.17. The predicted molar refractivity (Wildman–Crippen MR) is 70.8 cm³/mol. The lowest BCUT2D eigenvalue weighted by Gasteiger charge is -2.16. The quantitative estimate of drug-likeness (QED) is 0.623. The lowest BCUT2D eigenvalue weighted by atomic mass is 9.93. The van der Waals surface area contributed by atoms with Crippen molar-refractivity contribution < 1.29 is 9.90 Å². The second-order valence-electron chi connectivity index (χ2n) is 3.63. The van der Waals surface area contributed by atoms with Gasteiger partial charge in [-0.2, -0.15) is 0 Å². The van der Waals surface area contributed by atoms with E-state index in [4.69, 9.17) is 5.11 Å². The number of thiol groups is 1. The molecule has 1 N–H and O–H groups in total. The zero-order valence-corrected chi connectivity index (χ0v) is 11.1. The maximum absolute atomic E-state index is 10.8. The van der Waals surface area contributed by atoms with E-state index >= 15 is 0 Å². The predicted octanol–water partition coefficient (Wildman–Crippen LogP) is 3.67. The van der Waals surface area contributed by atoms with E-state index in [1.54, 1.807) is 11.8 Å². The summed E-state index contributed by atoms with van der Waals surface area (Å²) >= 11 is 5.93. The first-order valence-corrected chi connectivity index (χ1v) is 6.84. The molecule has 0 amide bonds. The molecule has 88 valence electrons. The molecule has 1 unspecified atom stereocenters. The van der Waals surface area contributed by atoms with Crippen LogP contribution in [0.15, 0.2) is 28.0 Å². The Bertz CT molecular complexity index is 377. The Balaban J connectivity index is 3.03. The molecule has 0 aromatic heterocycles. The van der Waals surface area contributed by atoms with Gasteiger partial charge in [-0.1, -0.05) is 13.0 Å². The molecule has 0 heterocycles. The standard InChI is InChI=1S/C12H16O2S2/c1-3-8(6-12(13)14)10-5-4-9(15)7-11(10)16-2/h4-5,7-8,15H,3,6H2,1-2H3,(H,13,14). The molecule has 0 fully saturated rings. The van der Waals surface area contributed by atoms with E-state index in [2.05, 4.69) is 12.6 Å². The zero-order valence-electron chi connectivity index (χ0n) is 9.43. The van der Waals surface area contributed by atoms with Crippen molar-refractivity contribution in [3.63, 3.8) is 0 Å². The Morgan fingerprint density at radius 3 is 2.75 bits per heavy atom. The molecule has 0 saturated carbocycles. The topological polar surface area (TPSA) is 37.3 Å². The van der Waals surface area contributed by atoms with Crippen molar-refractivity contribution in [2.45, 2.75) is 35.5 Å². The molecule has 0 aliphatic heterocycles. The van der Waals surface area contributed by atoms with Crippen LogP contribution < -0.4 is 0 Å². The summed E-state index contributed by atoms with van der Waals surface area (Å²) in [6.45, 7) is 2.02. The van der Waals surface area contributed by atoms with Crippen LogP contribution in [0, 0.1) is 0 Å². The summed E-state index contributed by atoms with van der Waals surface area (Å²) in [7, 11) is 0. The number of aliphatic carboxylic acids is 1. The third-order valence-corrected chi connectivity index (χ3v) is 3.64. The van der Waals surface area contributed by atoms with E-state index in [0.717, 1.165) is 21.8 Å². The average Bonchev–Trinajstić information content (AvgIpc) is 2.25. The fourth-order valence-electron chi connectivity index (χ4n) is 1.72. The van der Waals surface area contributed by atoms with E-state index in [0.29, 0.717) is 0 Å². The van der Waals surface area contributed by atoms with Gasteiger partial charge in [0.05, 0.1) is 6.42 Å². The van der Waals surface area contributed by atoms with Gasteiger partial charge in [-0.15, -0.1) is 24.4 Å². The highest BCUT2D eigenvalue weighted by molar-refractivity contribution is 7.98. The van der Waals surface area contributed by atoms with Gasteiger partial charge in [0, 0.05) is 9.79 Å². The molecule has 1 atom stereocenters. The van der Waals surface area contributed by atoms with Gasteiger partial charge in [-0.3, -0.25) is 4.79 Å². The summed E-state index contributed by atoms with van der Waals surface area (Å²) < 4.78 is 0. The third kappa shape index (κ3) is 3.46. The summed E-state index contributed by atoms with van der Waals surface area (Å²) in [6.07, 6.45) is 3.03. The Morgan fingerprint density at radius 2 is 2.25 bits per heavy atom. The number of hydrogen-bond acceptors (Lipinski definition) is 3. The lowest BCUT2D eigenvalue weighted by molar-refractivity contribution is -0.137. The SMILES string of the molecule is CCC(CC(=O)O)c1ccc(S)cc1SC. The number of carboxylic acid groups (broad SMARTS) is 1. The molecule has 2 nitrogen and oxygen atoms in total. The fraction of sp³-hybridized carbons (Fsp3) is 0.417. The van der Waals surface area contributed by atoms with Gasteiger partial charge in [0.1, 0.15) is 0 Å². The van der Waals surface area contributed by atoms with Crippen LogP contribution in [0.25, 0.3) is 0 Å². The van der Waals surface area contributed by atoms with Crippen molar-refractivity contribution in [2.75, 3.05) is 6.26 Å². The van der Waals surface area contributed by atoms with E-state index < -0.39 is 5.97 Å². The minimum atomic E-state index is -0.742. The van der Waals surface area contributed by atoms with Gasteiger partial charge in [-0.25, -0.2) is 0 Å². The Hall–Kier alpha value is -0.610. The van der Waals surface area contributed by atoms with Gasteiger partial charge in [0.2, 0.25) is 0 Å². The molecule has 1 aromatic carbocycles. The van der Waals surface area contributed by atoms with Crippen LogP contribution in [0.5, 0.6) is 0 Å². The molecule has 1 rings (SSSR count). The van der Waals surface area contributed by atoms with Crippen LogP contribution in [0.2, 0.25) is 0 Å². The molecular formula is C12H16O2S2. The van der Waals surface area contributed by atoms with Gasteiger partial charge in [0.15, 0.2) is 0 Å². The van der Waals surface area contributed by atoms with Gasteiger partial charge in [0.25, 0.3) is 0 Å². The van der Waals surface area contributed by atoms with Gasteiger partial charge in [-0.05, 0) is 36.3 Å². The molecular weight excluding hydrogens is 240 g/mol. The molecule has 16 heavy (non-hydrogen) atoms. The number of rotatable bonds is 5. The zero-order chi connectivity index (χ0) is 12.1. The van der Waals surface area contributed by atoms with Crippen LogP contribution >= 0.6 is 24.4 Å².